The molecule has 2 aromatic rings. The second-order valence-corrected chi connectivity index (χ2v) is 4.69. The quantitative estimate of drug-likeness (QED) is 0.590. The standard InChI is InChI=1S/C13H12BrN3O3/c1-20-11-6-8(5-9(14)12(11)18)7-16-17-13(19)10-3-2-4-15-10/h2-7,15,18H,1H3,(H,17,19)/b16-7+. The topological polar surface area (TPSA) is 86.7 Å². The van der Waals surface area contributed by atoms with Crippen molar-refractivity contribution in [2.75, 3.05) is 7.11 Å². The second-order valence-electron chi connectivity index (χ2n) is 3.84. The number of hydrazone groups is 1. The van der Waals surface area contributed by atoms with Crippen molar-refractivity contribution in [2.24, 2.45) is 5.10 Å². The van der Waals surface area contributed by atoms with Gasteiger partial charge in [-0.15, -0.1) is 0 Å². The molecule has 7 heteroatoms. The molecule has 0 aliphatic carbocycles. The normalized spacial score (nSPS) is 10.7. The lowest BCUT2D eigenvalue weighted by molar-refractivity contribution is 0.0951. The number of phenols is 1. The Balaban J connectivity index is 2.08. The first kappa shape index (κ1) is 14.1. The zero-order chi connectivity index (χ0) is 14.5. The number of phenolic OH excluding ortho intramolecular Hbond substituents is 1. The molecule has 1 aromatic heterocycles. The number of aromatic amines is 1. The lowest BCUT2D eigenvalue weighted by atomic mass is 10.2. The summed E-state index contributed by atoms with van der Waals surface area (Å²) in [5, 5.41) is 13.5. The Kier molecular flexibility index (Phi) is 4.41. The number of aromatic hydroxyl groups is 1. The van der Waals surface area contributed by atoms with Gasteiger partial charge < -0.3 is 14.8 Å². The van der Waals surface area contributed by atoms with E-state index in [2.05, 4.69) is 31.4 Å². The molecule has 0 radical (unpaired) electrons. The molecule has 0 spiro atoms. The van der Waals surface area contributed by atoms with Crippen molar-refractivity contribution in [2.45, 2.75) is 0 Å². The van der Waals surface area contributed by atoms with E-state index in [0.29, 0.717) is 21.5 Å². The van der Waals surface area contributed by atoms with Crippen LogP contribution in [0, 0.1) is 0 Å². The SMILES string of the molecule is COc1cc(/C=N/NC(=O)c2ccc[nH]2)cc(Br)c1O. The van der Waals surface area contributed by atoms with Crippen LogP contribution in [0.5, 0.6) is 11.5 Å². The summed E-state index contributed by atoms with van der Waals surface area (Å²) in [5.74, 6) is -0.00681. The highest BCUT2D eigenvalue weighted by Crippen LogP contribution is 2.34. The summed E-state index contributed by atoms with van der Waals surface area (Å²) in [4.78, 5) is 14.4. The van der Waals surface area contributed by atoms with Crippen LogP contribution >= 0.6 is 15.9 Å². The van der Waals surface area contributed by atoms with Crippen molar-refractivity contribution in [3.05, 3.63) is 46.2 Å². The van der Waals surface area contributed by atoms with Crippen LogP contribution in [-0.4, -0.2) is 29.3 Å². The van der Waals surface area contributed by atoms with Crippen molar-refractivity contribution in [3.8, 4) is 11.5 Å². The summed E-state index contributed by atoms with van der Waals surface area (Å²) < 4.78 is 5.50. The molecule has 2 rings (SSSR count). The zero-order valence-corrected chi connectivity index (χ0v) is 12.1. The molecule has 0 bridgehead atoms. The van der Waals surface area contributed by atoms with E-state index in [1.165, 1.54) is 13.3 Å². The number of hydrogen-bond donors (Lipinski definition) is 3. The molecule has 0 atom stereocenters. The van der Waals surface area contributed by atoms with E-state index in [4.69, 9.17) is 4.74 Å². The van der Waals surface area contributed by atoms with Crippen molar-refractivity contribution in [3.63, 3.8) is 0 Å². The average molecular weight is 338 g/mol. The van der Waals surface area contributed by atoms with Crippen LogP contribution in [0.25, 0.3) is 0 Å². The molecule has 0 saturated carbocycles. The highest BCUT2D eigenvalue weighted by molar-refractivity contribution is 9.10. The molecular formula is C13H12BrN3O3. The zero-order valence-electron chi connectivity index (χ0n) is 10.6. The van der Waals surface area contributed by atoms with Crippen molar-refractivity contribution >= 4 is 28.1 Å². The number of H-pyrrole nitrogens is 1. The molecule has 0 aliphatic rings. The predicted octanol–water partition coefficient (Wildman–Crippen LogP) is 2.26. The first-order valence-electron chi connectivity index (χ1n) is 5.65. The van der Waals surface area contributed by atoms with Gasteiger partial charge in [-0.3, -0.25) is 4.79 Å². The Labute approximate surface area is 123 Å². The minimum Gasteiger partial charge on any atom is -0.503 e. The first-order valence-corrected chi connectivity index (χ1v) is 6.44. The van der Waals surface area contributed by atoms with Crippen molar-refractivity contribution in [1.29, 1.82) is 0 Å². The third-order valence-electron chi connectivity index (χ3n) is 2.49. The van der Waals surface area contributed by atoms with Gasteiger partial charge in [-0.05, 0) is 45.8 Å². The van der Waals surface area contributed by atoms with Crippen molar-refractivity contribution < 1.29 is 14.6 Å². The Morgan fingerprint density at radius 3 is 3.00 bits per heavy atom. The minimum absolute atomic E-state index is 0.0140. The number of methoxy groups -OCH3 is 1. The number of ether oxygens (including phenoxy) is 1. The van der Waals surface area contributed by atoms with Gasteiger partial charge in [-0.2, -0.15) is 5.10 Å². The summed E-state index contributed by atoms with van der Waals surface area (Å²) in [6.45, 7) is 0. The first-order chi connectivity index (χ1) is 9.61. The maximum Gasteiger partial charge on any atom is 0.287 e. The molecule has 1 amide bonds. The summed E-state index contributed by atoms with van der Waals surface area (Å²) in [6.07, 6.45) is 3.11. The summed E-state index contributed by atoms with van der Waals surface area (Å²) in [6, 6.07) is 6.62. The fourth-order valence-corrected chi connectivity index (χ4v) is 1.98. The molecule has 6 nitrogen and oxygen atoms in total. The number of hydrogen-bond acceptors (Lipinski definition) is 4. The summed E-state index contributed by atoms with van der Waals surface area (Å²) in [5.41, 5.74) is 3.47. The maximum atomic E-state index is 11.6. The molecule has 20 heavy (non-hydrogen) atoms. The number of nitrogens with one attached hydrogen (secondary N) is 2. The van der Waals surface area contributed by atoms with Crippen LogP contribution in [0.4, 0.5) is 0 Å². The predicted molar refractivity (Wildman–Crippen MR) is 78.2 cm³/mol. The van der Waals surface area contributed by atoms with E-state index in [1.54, 1.807) is 30.5 Å². The number of carbonyl (C=O) groups excluding carboxylic acids is 1. The third-order valence-corrected chi connectivity index (χ3v) is 3.10. The molecule has 104 valence electrons. The van der Waals surface area contributed by atoms with Crippen LogP contribution in [-0.2, 0) is 0 Å². The molecule has 1 aromatic carbocycles. The molecule has 0 aliphatic heterocycles. The smallest absolute Gasteiger partial charge is 0.287 e. The molecule has 0 unspecified atom stereocenters. The van der Waals surface area contributed by atoms with Gasteiger partial charge >= 0.3 is 0 Å². The molecular weight excluding hydrogens is 326 g/mol. The number of carbonyl (C=O) groups is 1. The van der Waals surface area contributed by atoms with E-state index < -0.39 is 0 Å². The van der Waals surface area contributed by atoms with Crippen LogP contribution in [0.3, 0.4) is 0 Å². The fourth-order valence-electron chi connectivity index (χ4n) is 1.52. The van der Waals surface area contributed by atoms with Gasteiger partial charge in [0.2, 0.25) is 0 Å². The van der Waals surface area contributed by atoms with E-state index in [9.17, 15) is 9.90 Å². The Hall–Kier alpha value is -2.28. The van der Waals surface area contributed by atoms with Crippen LogP contribution in [0.2, 0.25) is 0 Å². The van der Waals surface area contributed by atoms with Crippen LogP contribution in [0.1, 0.15) is 16.1 Å². The lowest BCUT2D eigenvalue weighted by Gasteiger charge is -2.06. The molecule has 0 saturated heterocycles. The Morgan fingerprint density at radius 2 is 2.35 bits per heavy atom. The number of nitrogens with zero attached hydrogens (tertiary/aromatic N) is 1. The Morgan fingerprint density at radius 1 is 1.55 bits per heavy atom. The van der Waals surface area contributed by atoms with Gasteiger partial charge in [-0.1, -0.05) is 0 Å². The summed E-state index contributed by atoms with van der Waals surface area (Å²) in [7, 11) is 1.45. The Bertz CT molecular complexity index is 639. The maximum absolute atomic E-state index is 11.6. The number of aromatic nitrogens is 1. The van der Waals surface area contributed by atoms with Gasteiger partial charge in [-0.25, -0.2) is 5.43 Å². The van der Waals surface area contributed by atoms with E-state index in [0.717, 1.165) is 0 Å². The summed E-state index contributed by atoms with van der Waals surface area (Å²) >= 11 is 3.21. The van der Waals surface area contributed by atoms with Crippen LogP contribution < -0.4 is 10.2 Å². The fraction of sp³-hybridized carbons (Fsp3) is 0.0769. The van der Waals surface area contributed by atoms with E-state index >= 15 is 0 Å². The number of halogens is 1. The largest absolute Gasteiger partial charge is 0.503 e. The van der Waals surface area contributed by atoms with Crippen LogP contribution in [0.15, 0.2) is 40.0 Å². The number of benzene rings is 1. The van der Waals surface area contributed by atoms with Gasteiger partial charge in [0.05, 0.1) is 17.8 Å². The average Bonchev–Trinajstić information content (AvgIpc) is 2.96. The van der Waals surface area contributed by atoms with Gasteiger partial charge in [0.15, 0.2) is 11.5 Å². The van der Waals surface area contributed by atoms with E-state index in [-0.39, 0.29) is 11.7 Å². The van der Waals surface area contributed by atoms with Gasteiger partial charge in [0.25, 0.3) is 5.91 Å². The van der Waals surface area contributed by atoms with Gasteiger partial charge in [0.1, 0.15) is 5.69 Å². The molecule has 3 N–H and O–H groups in total. The number of rotatable bonds is 4. The number of amides is 1. The van der Waals surface area contributed by atoms with Crippen molar-refractivity contribution in [1.82, 2.24) is 10.4 Å². The van der Waals surface area contributed by atoms with E-state index in [1.807, 2.05) is 0 Å². The molecule has 1 heterocycles. The highest BCUT2D eigenvalue weighted by atomic mass is 79.9. The lowest BCUT2D eigenvalue weighted by Crippen LogP contribution is -2.17. The highest BCUT2D eigenvalue weighted by Gasteiger charge is 2.08. The minimum atomic E-state index is -0.337. The monoisotopic (exact) mass is 337 g/mol. The molecule has 0 fully saturated rings. The van der Waals surface area contributed by atoms with Gasteiger partial charge in [0, 0.05) is 6.20 Å². The second kappa shape index (κ2) is 6.25. The third kappa shape index (κ3) is 3.18.